The van der Waals surface area contributed by atoms with Crippen molar-refractivity contribution in [2.24, 2.45) is 0 Å². The molecule has 1 aromatic heterocycles. The molecule has 0 bridgehead atoms. The van der Waals surface area contributed by atoms with Gasteiger partial charge in [0.25, 0.3) is 0 Å². The molecule has 4 nitrogen and oxygen atoms in total. The number of morpholine rings is 1. The van der Waals surface area contributed by atoms with Crippen LogP contribution in [0.2, 0.25) is 5.15 Å². The molecule has 2 rings (SSSR count). The maximum absolute atomic E-state index is 5.78. The standard InChI is InChI=1S/C9H12ClN3O/c1-7-6-14-3-2-13(7)9-5-11-4-8(10)12-9/h4-5,7H,2-3,6H2,1H3. The van der Waals surface area contributed by atoms with E-state index in [1.54, 1.807) is 6.20 Å². The van der Waals surface area contributed by atoms with Crippen LogP contribution in [-0.4, -0.2) is 35.8 Å². The number of hydrogen-bond donors (Lipinski definition) is 0. The van der Waals surface area contributed by atoms with Crippen LogP contribution in [0.3, 0.4) is 0 Å². The van der Waals surface area contributed by atoms with Crippen molar-refractivity contribution in [1.82, 2.24) is 9.97 Å². The lowest BCUT2D eigenvalue weighted by Gasteiger charge is -2.33. The zero-order valence-electron chi connectivity index (χ0n) is 7.98. The van der Waals surface area contributed by atoms with Crippen molar-refractivity contribution in [2.45, 2.75) is 13.0 Å². The van der Waals surface area contributed by atoms with Crippen LogP contribution < -0.4 is 4.90 Å². The molecule has 0 aromatic carbocycles. The number of nitrogens with zero attached hydrogens (tertiary/aromatic N) is 3. The highest BCUT2D eigenvalue weighted by Crippen LogP contribution is 2.17. The monoisotopic (exact) mass is 213 g/mol. The molecule has 0 saturated carbocycles. The summed E-state index contributed by atoms with van der Waals surface area (Å²) in [6.07, 6.45) is 3.27. The Bertz CT molecular complexity index is 321. The maximum atomic E-state index is 5.78. The first-order valence-electron chi connectivity index (χ1n) is 4.59. The van der Waals surface area contributed by atoms with E-state index in [1.807, 2.05) is 0 Å². The summed E-state index contributed by atoms with van der Waals surface area (Å²) >= 11 is 5.78. The van der Waals surface area contributed by atoms with Crippen molar-refractivity contribution in [1.29, 1.82) is 0 Å². The van der Waals surface area contributed by atoms with Gasteiger partial charge in [-0.15, -0.1) is 0 Å². The van der Waals surface area contributed by atoms with E-state index in [4.69, 9.17) is 16.3 Å². The van der Waals surface area contributed by atoms with E-state index >= 15 is 0 Å². The van der Waals surface area contributed by atoms with Gasteiger partial charge in [0.15, 0.2) is 0 Å². The largest absolute Gasteiger partial charge is 0.377 e. The number of aromatic nitrogens is 2. The number of ether oxygens (including phenoxy) is 1. The Hall–Kier alpha value is -0.870. The lowest BCUT2D eigenvalue weighted by molar-refractivity contribution is 0.0985. The summed E-state index contributed by atoms with van der Waals surface area (Å²) in [6.45, 7) is 4.41. The van der Waals surface area contributed by atoms with E-state index in [9.17, 15) is 0 Å². The van der Waals surface area contributed by atoms with E-state index < -0.39 is 0 Å². The SMILES string of the molecule is CC1COCCN1c1cncc(Cl)n1. The van der Waals surface area contributed by atoms with E-state index in [0.29, 0.717) is 11.2 Å². The molecule has 1 atom stereocenters. The predicted molar refractivity (Wildman–Crippen MR) is 54.7 cm³/mol. The van der Waals surface area contributed by atoms with Crippen LogP contribution in [0.5, 0.6) is 0 Å². The highest BCUT2D eigenvalue weighted by molar-refractivity contribution is 6.29. The highest BCUT2D eigenvalue weighted by atomic mass is 35.5. The van der Waals surface area contributed by atoms with E-state index in [-0.39, 0.29) is 0 Å². The van der Waals surface area contributed by atoms with Gasteiger partial charge >= 0.3 is 0 Å². The summed E-state index contributed by atoms with van der Waals surface area (Å²) in [5.41, 5.74) is 0. The zero-order chi connectivity index (χ0) is 9.97. The number of anilines is 1. The second-order valence-corrected chi connectivity index (χ2v) is 3.70. The van der Waals surface area contributed by atoms with E-state index in [1.165, 1.54) is 6.20 Å². The second-order valence-electron chi connectivity index (χ2n) is 3.32. The van der Waals surface area contributed by atoms with Gasteiger partial charge in [-0.3, -0.25) is 4.98 Å². The first-order chi connectivity index (χ1) is 6.77. The molecule has 2 heterocycles. The summed E-state index contributed by atoms with van der Waals surface area (Å²) in [7, 11) is 0. The third-order valence-electron chi connectivity index (χ3n) is 2.25. The van der Waals surface area contributed by atoms with Crippen molar-refractivity contribution < 1.29 is 4.74 Å². The van der Waals surface area contributed by atoms with Crippen LogP contribution in [-0.2, 0) is 4.74 Å². The van der Waals surface area contributed by atoms with Crippen LogP contribution >= 0.6 is 11.6 Å². The predicted octanol–water partition coefficient (Wildman–Crippen LogP) is 1.36. The van der Waals surface area contributed by atoms with Crippen molar-refractivity contribution in [3.05, 3.63) is 17.5 Å². The van der Waals surface area contributed by atoms with E-state index in [2.05, 4.69) is 21.8 Å². The van der Waals surface area contributed by atoms with Gasteiger partial charge < -0.3 is 9.64 Å². The van der Waals surface area contributed by atoms with Gasteiger partial charge in [0.2, 0.25) is 0 Å². The van der Waals surface area contributed by atoms with Crippen molar-refractivity contribution >= 4 is 17.4 Å². The summed E-state index contributed by atoms with van der Waals surface area (Å²) in [5, 5.41) is 0.432. The molecule has 1 aliphatic rings. The van der Waals surface area contributed by atoms with Gasteiger partial charge in [-0.2, -0.15) is 0 Å². The molecule has 1 aromatic rings. The molecule has 0 radical (unpaired) electrons. The third kappa shape index (κ3) is 1.96. The molecule has 76 valence electrons. The van der Waals surface area contributed by atoms with Crippen molar-refractivity contribution in [3.8, 4) is 0 Å². The summed E-state index contributed by atoms with van der Waals surface area (Å²) in [5.74, 6) is 0.827. The Labute approximate surface area is 87.9 Å². The number of rotatable bonds is 1. The van der Waals surface area contributed by atoms with Crippen LogP contribution in [0.4, 0.5) is 5.82 Å². The smallest absolute Gasteiger partial charge is 0.149 e. The van der Waals surface area contributed by atoms with Crippen molar-refractivity contribution in [3.63, 3.8) is 0 Å². The minimum atomic E-state index is 0.330. The molecule has 1 unspecified atom stereocenters. The second kappa shape index (κ2) is 4.11. The van der Waals surface area contributed by atoms with E-state index in [0.717, 1.165) is 25.6 Å². The third-order valence-corrected chi connectivity index (χ3v) is 2.44. The zero-order valence-corrected chi connectivity index (χ0v) is 8.74. The number of halogens is 1. The quantitative estimate of drug-likeness (QED) is 0.706. The molecule has 0 amide bonds. The summed E-state index contributed by atoms with van der Waals surface area (Å²) in [6, 6.07) is 0.330. The topological polar surface area (TPSA) is 38.2 Å². The normalized spacial score (nSPS) is 22.4. The molecular weight excluding hydrogens is 202 g/mol. The Morgan fingerprint density at radius 3 is 3.14 bits per heavy atom. The average molecular weight is 214 g/mol. The Morgan fingerprint density at radius 1 is 1.57 bits per heavy atom. The van der Waals surface area contributed by atoms with Crippen LogP contribution in [0, 0.1) is 0 Å². The molecule has 0 spiro atoms. The molecule has 0 aliphatic carbocycles. The minimum Gasteiger partial charge on any atom is -0.377 e. The van der Waals surface area contributed by atoms with Gasteiger partial charge in [0.1, 0.15) is 11.0 Å². The van der Waals surface area contributed by atoms with Crippen molar-refractivity contribution in [2.75, 3.05) is 24.7 Å². The first kappa shape index (κ1) is 9.68. The molecular formula is C9H12ClN3O. The lowest BCUT2D eigenvalue weighted by Crippen LogP contribution is -2.44. The fraction of sp³-hybridized carbons (Fsp3) is 0.556. The van der Waals surface area contributed by atoms with Gasteiger partial charge in [-0.25, -0.2) is 4.98 Å². The van der Waals surface area contributed by atoms with Gasteiger partial charge in [-0.1, -0.05) is 11.6 Å². The fourth-order valence-corrected chi connectivity index (χ4v) is 1.68. The van der Waals surface area contributed by atoms with Gasteiger partial charge in [0, 0.05) is 6.54 Å². The average Bonchev–Trinajstić information content (AvgIpc) is 2.18. The lowest BCUT2D eigenvalue weighted by atomic mass is 10.2. The molecule has 1 aliphatic heterocycles. The maximum Gasteiger partial charge on any atom is 0.149 e. The molecule has 1 saturated heterocycles. The molecule has 14 heavy (non-hydrogen) atoms. The Morgan fingerprint density at radius 2 is 2.43 bits per heavy atom. The molecule has 5 heteroatoms. The van der Waals surface area contributed by atoms with Gasteiger partial charge in [0.05, 0.1) is 31.6 Å². The fourth-order valence-electron chi connectivity index (χ4n) is 1.54. The highest BCUT2D eigenvalue weighted by Gasteiger charge is 2.20. The van der Waals surface area contributed by atoms with Crippen LogP contribution in [0.25, 0.3) is 0 Å². The molecule has 1 fully saturated rings. The summed E-state index contributed by atoms with van der Waals surface area (Å²) < 4.78 is 5.34. The number of hydrogen-bond acceptors (Lipinski definition) is 4. The minimum absolute atomic E-state index is 0.330. The molecule has 0 N–H and O–H groups in total. The Kier molecular flexibility index (Phi) is 2.84. The summed E-state index contributed by atoms with van der Waals surface area (Å²) in [4.78, 5) is 10.4. The van der Waals surface area contributed by atoms with Gasteiger partial charge in [-0.05, 0) is 6.92 Å². The van der Waals surface area contributed by atoms with Crippen LogP contribution in [0.15, 0.2) is 12.4 Å². The van der Waals surface area contributed by atoms with Crippen LogP contribution in [0.1, 0.15) is 6.92 Å². The Balaban J connectivity index is 2.20. The first-order valence-corrected chi connectivity index (χ1v) is 4.97.